The van der Waals surface area contributed by atoms with Crippen LogP contribution in [0.2, 0.25) is 0 Å². The van der Waals surface area contributed by atoms with Gasteiger partial charge in [-0.05, 0) is 42.8 Å². The molecule has 182 valence electrons. The predicted molar refractivity (Wildman–Crippen MR) is 132 cm³/mol. The zero-order chi connectivity index (χ0) is 25.4. The second-order valence-corrected chi connectivity index (χ2v) is 8.69. The number of hydrogen-bond acceptors (Lipinski definition) is 4. The molecule has 1 aliphatic heterocycles. The van der Waals surface area contributed by atoms with Crippen molar-refractivity contribution in [1.29, 1.82) is 0 Å². The number of hydrogen-bond donors (Lipinski definition) is 3. The fourth-order valence-corrected chi connectivity index (χ4v) is 4.14. The van der Waals surface area contributed by atoms with E-state index in [1.165, 1.54) is 24.3 Å². The van der Waals surface area contributed by atoms with Crippen LogP contribution in [0.5, 0.6) is 0 Å². The van der Waals surface area contributed by atoms with Crippen LogP contribution in [0.25, 0.3) is 10.9 Å². The smallest absolute Gasteiger partial charge is 0.270 e. The van der Waals surface area contributed by atoms with Gasteiger partial charge in [0, 0.05) is 34.8 Å². The summed E-state index contributed by atoms with van der Waals surface area (Å²) in [6.07, 6.45) is 1.66. The maximum Gasteiger partial charge on any atom is 0.270 e. The average Bonchev–Trinajstić information content (AvgIpc) is 3.31. The lowest BCUT2D eigenvalue weighted by Crippen LogP contribution is -2.34. The molecule has 0 spiro atoms. The van der Waals surface area contributed by atoms with Crippen LogP contribution in [-0.2, 0) is 10.7 Å². The van der Waals surface area contributed by atoms with Gasteiger partial charge in [-0.25, -0.2) is 13.2 Å². The third-order valence-electron chi connectivity index (χ3n) is 6.04. The Bertz CT molecular complexity index is 1500. The van der Waals surface area contributed by atoms with E-state index in [1.807, 2.05) is 6.07 Å². The molecule has 0 aliphatic carbocycles. The van der Waals surface area contributed by atoms with Crippen molar-refractivity contribution in [1.82, 2.24) is 15.5 Å². The number of anilines is 1. The number of aromatic nitrogens is 2. The lowest BCUT2D eigenvalue weighted by molar-refractivity contribution is -0.113. The Morgan fingerprint density at radius 3 is 2.44 bits per heavy atom. The normalized spacial score (nSPS) is 16.0. The number of amidine groups is 1. The number of fused-ring (bicyclic) bond motifs is 1. The molecule has 3 aromatic carbocycles. The predicted octanol–water partition coefficient (Wildman–Crippen LogP) is 5.82. The summed E-state index contributed by atoms with van der Waals surface area (Å²) in [4.78, 5) is 18.2. The zero-order valence-electron chi connectivity index (χ0n) is 19.4. The molecule has 2 heterocycles. The van der Waals surface area contributed by atoms with Crippen molar-refractivity contribution in [3.05, 3.63) is 107 Å². The highest BCUT2D eigenvalue weighted by Crippen LogP contribution is 2.33. The molecule has 0 radical (unpaired) electrons. The Morgan fingerprint density at radius 1 is 1.03 bits per heavy atom. The Hall–Kier alpha value is -4.40. The summed E-state index contributed by atoms with van der Waals surface area (Å²) < 4.78 is 41.0. The van der Waals surface area contributed by atoms with Crippen molar-refractivity contribution < 1.29 is 18.0 Å². The van der Waals surface area contributed by atoms with E-state index in [1.54, 1.807) is 49.5 Å². The second-order valence-electron chi connectivity index (χ2n) is 8.69. The standard InChI is InChI=1S/C27H22F3N5O/c1-15-23(26(36)33-21-11-12-22-18(13-21)14-31-35-22)24(16-5-9-20(28)10-6-16)34-25(32-15)17-3-7-19(8-4-17)27(2,29)30/h3-14,24H,1-2H3,(H,31,35)(H,32,34)(H,33,36). The van der Waals surface area contributed by atoms with E-state index in [-0.39, 0.29) is 11.5 Å². The SMILES string of the molecule is CC1=C(C(=O)Nc2ccc3[nH]ncc3c2)C(c2ccc(F)cc2)N=C(c2ccc(C(C)(F)F)cc2)N1. The van der Waals surface area contributed by atoms with Gasteiger partial charge < -0.3 is 10.6 Å². The van der Waals surface area contributed by atoms with Crippen LogP contribution >= 0.6 is 0 Å². The first-order chi connectivity index (χ1) is 17.2. The third-order valence-corrected chi connectivity index (χ3v) is 6.04. The van der Waals surface area contributed by atoms with E-state index in [9.17, 15) is 18.0 Å². The number of H-pyrrole nitrogens is 1. The van der Waals surface area contributed by atoms with Gasteiger partial charge in [0.15, 0.2) is 0 Å². The molecule has 1 aliphatic rings. The summed E-state index contributed by atoms with van der Waals surface area (Å²) in [6, 6.07) is 16.2. The number of alkyl halides is 2. The molecule has 6 nitrogen and oxygen atoms in total. The van der Waals surface area contributed by atoms with Gasteiger partial charge in [-0.2, -0.15) is 5.10 Å². The third kappa shape index (κ3) is 4.59. The molecule has 4 aromatic rings. The summed E-state index contributed by atoms with van der Waals surface area (Å²) in [5, 5.41) is 13.7. The van der Waals surface area contributed by atoms with Crippen LogP contribution in [0, 0.1) is 5.82 Å². The van der Waals surface area contributed by atoms with Gasteiger partial charge in [0.1, 0.15) is 17.7 Å². The Labute approximate surface area is 205 Å². The fourth-order valence-electron chi connectivity index (χ4n) is 4.14. The van der Waals surface area contributed by atoms with Crippen LogP contribution in [-0.4, -0.2) is 21.9 Å². The van der Waals surface area contributed by atoms with Crippen molar-refractivity contribution in [2.45, 2.75) is 25.8 Å². The quantitative estimate of drug-likeness (QED) is 0.331. The number of carbonyl (C=O) groups is 1. The minimum absolute atomic E-state index is 0.111. The molecule has 5 rings (SSSR count). The number of aromatic amines is 1. The number of carbonyl (C=O) groups excluding carboxylic acids is 1. The molecular formula is C27H22F3N5O. The minimum Gasteiger partial charge on any atom is -0.343 e. The van der Waals surface area contributed by atoms with Crippen molar-refractivity contribution >= 4 is 28.3 Å². The summed E-state index contributed by atoms with van der Waals surface area (Å²) in [7, 11) is 0. The lowest BCUT2D eigenvalue weighted by Gasteiger charge is -2.27. The molecule has 0 saturated carbocycles. The topological polar surface area (TPSA) is 82.2 Å². The van der Waals surface area contributed by atoms with Crippen molar-refractivity contribution in [2.75, 3.05) is 5.32 Å². The van der Waals surface area contributed by atoms with Gasteiger partial charge >= 0.3 is 0 Å². The number of halogens is 3. The van der Waals surface area contributed by atoms with Crippen LogP contribution in [0.4, 0.5) is 18.9 Å². The van der Waals surface area contributed by atoms with Gasteiger partial charge in [0.05, 0.1) is 17.3 Å². The van der Waals surface area contributed by atoms with Gasteiger partial charge in [-0.3, -0.25) is 14.9 Å². The summed E-state index contributed by atoms with van der Waals surface area (Å²) in [5.41, 5.74) is 3.40. The van der Waals surface area contributed by atoms with Gasteiger partial charge in [-0.15, -0.1) is 0 Å². The molecule has 1 unspecified atom stereocenters. The highest BCUT2D eigenvalue weighted by Gasteiger charge is 2.30. The number of allylic oxidation sites excluding steroid dienone is 1. The number of aliphatic imine (C=N–C) groups is 1. The Balaban J connectivity index is 1.50. The molecule has 1 aromatic heterocycles. The maximum absolute atomic E-state index is 13.7. The van der Waals surface area contributed by atoms with Crippen LogP contribution in [0.3, 0.4) is 0 Å². The largest absolute Gasteiger partial charge is 0.343 e. The summed E-state index contributed by atoms with van der Waals surface area (Å²) >= 11 is 0. The van der Waals surface area contributed by atoms with Crippen molar-refractivity contribution in [3.8, 4) is 0 Å². The monoisotopic (exact) mass is 489 g/mol. The molecule has 0 fully saturated rings. The lowest BCUT2D eigenvalue weighted by atomic mass is 9.94. The summed E-state index contributed by atoms with van der Waals surface area (Å²) in [6.45, 7) is 2.58. The van der Waals surface area contributed by atoms with E-state index >= 15 is 0 Å². The Morgan fingerprint density at radius 2 is 1.75 bits per heavy atom. The first kappa shape index (κ1) is 23.3. The van der Waals surface area contributed by atoms with E-state index in [0.29, 0.717) is 33.9 Å². The second kappa shape index (κ2) is 8.99. The first-order valence-corrected chi connectivity index (χ1v) is 11.2. The number of amides is 1. The van der Waals surface area contributed by atoms with Gasteiger partial charge in [-0.1, -0.05) is 36.4 Å². The first-order valence-electron chi connectivity index (χ1n) is 11.2. The fraction of sp³-hybridized carbons (Fsp3) is 0.148. The Kier molecular flexibility index (Phi) is 5.83. The van der Waals surface area contributed by atoms with Gasteiger partial charge in [0.2, 0.25) is 0 Å². The molecule has 9 heteroatoms. The molecule has 3 N–H and O–H groups in total. The molecule has 36 heavy (non-hydrogen) atoms. The van der Waals surface area contributed by atoms with Crippen LogP contribution in [0.1, 0.15) is 36.6 Å². The van der Waals surface area contributed by atoms with Crippen LogP contribution in [0.15, 0.2) is 89.2 Å². The zero-order valence-corrected chi connectivity index (χ0v) is 19.4. The molecule has 1 atom stereocenters. The van der Waals surface area contributed by atoms with E-state index < -0.39 is 17.8 Å². The highest BCUT2D eigenvalue weighted by molar-refractivity contribution is 6.09. The molecule has 0 saturated heterocycles. The molecule has 1 amide bonds. The van der Waals surface area contributed by atoms with Crippen molar-refractivity contribution in [2.24, 2.45) is 4.99 Å². The number of rotatable bonds is 5. The highest BCUT2D eigenvalue weighted by atomic mass is 19.3. The average molecular weight is 490 g/mol. The van der Waals surface area contributed by atoms with E-state index in [2.05, 4.69) is 20.8 Å². The maximum atomic E-state index is 13.7. The number of nitrogens with one attached hydrogen (secondary N) is 3. The molecule has 0 bridgehead atoms. The van der Waals surface area contributed by atoms with E-state index in [0.717, 1.165) is 17.8 Å². The van der Waals surface area contributed by atoms with Crippen molar-refractivity contribution in [3.63, 3.8) is 0 Å². The minimum atomic E-state index is -2.96. The molecular weight excluding hydrogens is 467 g/mol. The number of benzene rings is 3. The van der Waals surface area contributed by atoms with Gasteiger partial charge in [0.25, 0.3) is 11.8 Å². The number of nitrogens with zero attached hydrogens (tertiary/aromatic N) is 2. The van der Waals surface area contributed by atoms with E-state index in [4.69, 9.17) is 4.99 Å². The summed E-state index contributed by atoms with van der Waals surface area (Å²) in [5.74, 6) is -3.32. The van der Waals surface area contributed by atoms with Crippen LogP contribution < -0.4 is 10.6 Å².